The second-order valence-corrected chi connectivity index (χ2v) is 11.1. The van der Waals surface area contributed by atoms with Crippen LogP contribution in [-0.4, -0.2) is 59.3 Å². The number of benzene rings is 2. The maximum atomic E-state index is 13.8. The van der Waals surface area contributed by atoms with Crippen LogP contribution in [0.2, 0.25) is 0 Å². The van der Waals surface area contributed by atoms with E-state index in [4.69, 9.17) is 9.47 Å². The molecule has 6 nitrogen and oxygen atoms in total. The van der Waals surface area contributed by atoms with Gasteiger partial charge in [0.2, 0.25) is 0 Å². The third-order valence-electron chi connectivity index (χ3n) is 6.41. The molecule has 1 fully saturated rings. The number of nitrogens with zero attached hydrogens (tertiary/aromatic N) is 1. The Morgan fingerprint density at radius 3 is 2.54 bits per heavy atom. The van der Waals surface area contributed by atoms with Gasteiger partial charge < -0.3 is 19.7 Å². The summed E-state index contributed by atoms with van der Waals surface area (Å²) in [6.45, 7) is 6.34. The zero-order valence-electron chi connectivity index (χ0n) is 20.6. The Kier molecular flexibility index (Phi) is 7.71. The van der Waals surface area contributed by atoms with Crippen molar-refractivity contribution in [1.82, 2.24) is 10.2 Å². The second kappa shape index (κ2) is 10.6. The fraction of sp³-hybridized carbons (Fsp3) is 0.481. The summed E-state index contributed by atoms with van der Waals surface area (Å²) in [5.74, 6) is -0.435. The van der Waals surface area contributed by atoms with E-state index in [1.54, 1.807) is 23.9 Å². The van der Waals surface area contributed by atoms with E-state index >= 15 is 0 Å². The van der Waals surface area contributed by atoms with E-state index < -0.39 is 17.8 Å². The monoisotopic (exact) mass is 500 g/mol. The number of nitrogens with one attached hydrogen (secondary N) is 1. The molecule has 0 aromatic heterocycles. The van der Waals surface area contributed by atoms with Gasteiger partial charge in [-0.3, -0.25) is 4.79 Å². The first-order valence-corrected chi connectivity index (χ1v) is 13.2. The van der Waals surface area contributed by atoms with Crippen molar-refractivity contribution < 1.29 is 23.5 Å². The van der Waals surface area contributed by atoms with Crippen LogP contribution in [0.15, 0.2) is 48.5 Å². The maximum Gasteiger partial charge on any atom is 0.407 e. The minimum atomic E-state index is -0.688. The van der Waals surface area contributed by atoms with Crippen LogP contribution in [-0.2, 0) is 20.7 Å². The number of ether oxygens (including phenoxy) is 2. The Hall–Kier alpha value is -2.58. The number of carbonyl (C=O) groups excluding carboxylic acids is 2. The predicted molar refractivity (Wildman–Crippen MR) is 135 cm³/mol. The van der Waals surface area contributed by atoms with Crippen LogP contribution in [0.3, 0.4) is 0 Å². The Labute approximate surface area is 210 Å². The van der Waals surface area contributed by atoms with Crippen LogP contribution in [0, 0.1) is 5.82 Å². The largest absolute Gasteiger partial charge is 0.444 e. The molecule has 0 spiro atoms. The highest BCUT2D eigenvalue weighted by atomic mass is 32.2. The lowest BCUT2D eigenvalue weighted by molar-refractivity contribution is -0.149. The quantitative estimate of drug-likeness (QED) is 0.658. The van der Waals surface area contributed by atoms with Crippen molar-refractivity contribution in [1.29, 1.82) is 0 Å². The van der Waals surface area contributed by atoms with Crippen molar-refractivity contribution in [3.8, 4) is 0 Å². The van der Waals surface area contributed by atoms with E-state index in [1.165, 1.54) is 17.7 Å². The van der Waals surface area contributed by atoms with Gasteiger partial charge in [0, 0.05) is 24.3 Å². The second-order valence-electron chi connectivity index (χ2n) is 10.0. The average molecular weight is 501 g/mol. The summed E-state index contributed by atoms with van der Waals surface area (Å²) in [6.07, 6.45) is 1.88. The summed E-state index contributed by atoms with van der Waals surface area (Å²) in [7, 11) is 0. The Bertz CT molecular complexity index is 1060. The van der Waals surface area contributed by atoms with E-state index in [0.717, 1.165) is 17.5 Å². The first kappa shape index (κ1) is 25.5. The highest BCUT2D eigenvalue weighted by molar-refractivity contribution is 7.99. The van der Waals surface area contributed by atoms with Crippen LogP contribution in [0.25, 0.3) is 0 Å². The van der Waals surface area contributed by atoms with E-state index in [2.05, 4.69) is 11.4 Å². The number of rotatable bonds is 4. The average Bonchev–Trinajstić information content (AvgIpc) is 2.82. The fourth-order valence-electron chi connectivity index (χ4n) is 4.79. The number of fused-ring (bicyclic) bond motifs is 1. The Morgan fingerprint density at radius 1 is 1.14 bits per heavy atom. The van der Waals surface area contributed by atoms with Gasteiger partial charge in [-0.2, -0.15) is 11.8 Å². The van der Waals surface area contributed by atoms with Gasteiger partial charge in [0.1, 0.15) is 17.5 Å². The smallest absolute Gasteiger partial charge is 0.407 e. The summed E-state index contributed by atoms with van der Waals surface area (Å²) in [4.78, 5) is 28.1. The predicted octanol–water partition coefficient (Wildman–Crippen LogP) is 4.71. The number of alkyl carbamates (subject to hydrolysis) is 1. The van der Waals surface area contributed by atoms with Gasteiger partial charge in [-0.25, -0.2) is 9.18 Å². The van der Waals surface area contributed by atoms with Crippen LogP contribution < -0.4 is 5.32 Å². The van der Waals surface area contributed by atoms with Crippen molar-refractivity contribution in [2.45, 2.75) is 62.7 Å². The molecule has 2 aliphatic heterocycles. The van der Waals surface area contributed by atoms with E-state index in [9.17, 15) is 14.0 Å². The van der Waals surface area contributed by atoms with Crippen molar-refractivity contribution in [3.63, 3.8) is 0 Å². The molecule has 4 rings (SSSR count). The fourth-order valence-corrected chi connectivity index (χ4v) is 5.51. The molecule has 0 aliphatic carbocycles. The molecule has 4 atom stereocenters. The molecule has 2 aromatic carbocycles. The molecule has 188 valence electrons. The molecule has 2 heterocycles. The molecule has 2 aliphatic rings. The van der Waals surface area contributed by atoms with Gasteiger partial charge in [-0.05, 0) is 62.3 Å². The van der Waals surface area contributed by atoms with Gasteiger partial charge in [0.05, 0.1) is 12.6 Å². The molecule has 8 heteroatoms. The van der Waals surface area contributed by atoms with Gasteiger partial charge in [-0.15, -0.1) is 0 Å². The SMILES string of the molecule is CS[C@H]1CO[C@@H](C(=O)N2CCc3ccccc3[C@@H]2c2ccc(F)cc2)C[C@@H]1NC(=O)OC(C)(C)C. The summed E-state index contributed by atoms with van der Waals surface area (Å²) in [6, 6.07) is 13.8. The van der Waals surface area contributed by atoms with Crippen LogP contribution in [0.5, 0.6) is 0 Å². The molecule has 2 aromatic rings. The summed E-state index contributed by atoms with van der Waals surface area (Å²) in [5, 5.41) is 2.97. The normalized spacial score (nSPS) is 24.4. The number of thioether (sulfide) groups is 1. The first-order chi connectivity index (χ1) is 16.7. The molecule has 1 N–H and O–H groups in total. The number of halogens is 1. The maximum absolute atomic E-state index is 13.8. The molecule has 0 saturated carbocycles. The highest BCUT2D eigenvalue weighted by Crippen LogP contribution is 2.37. The number of amides is 2. The molecule has 0 bridgehead atoms. The Morgan fingerprint density at radius 2 is 1.86 bits per heavy atom. The lowest BCUT2D eigenvalue weighted by Gasteiger charge is -2.42. The minimum Gasteiger partial charge on any atom is -0.444 e. The van der Waals surface area contributed by atoms with Gasteiger partial charge in [-0.1, -0.05) is 36.4 Å². The van der Waals surface area contributed by atoms with E-state index in [-0.39, 0.29) is 29.1 Å². The lowest BCUT2D eigenvalue weighted by atomic mass is 9.87. The van der Waals surface area contributed by atoms with Crippen molar-refractivity contribution in [3.05, 3.63) is 71.0 Å². The van der Waals surface area contributed by atoms with Crippen LogP contribution in [0.4, 0.5) is 9.18 Å². The first-order valence-electron chi connectivity index (χ1n) is 11.9. The van der Waals surface area contributed by atoms with Gasteiger partial charge in [0.25, 0.3) is 5.91 Å². The lowest BCUT2D eigenvalue weighted by Crippen LogP contribution is -2.55. The molecule has 2 amide bonds. The van der Waals surface area contributed by atoms with Crippen molar-refractivity contribution >= 4 is 23.8 Å². The van der Waals surface area contributed by atoms with Crippen molar-refractivity contribution in [2.24, 2.45) is 0 Å². The van der Waals surface area contributed by atoms with E-state index in [1.807, 2.05) is 50.1 Å². The molecular formula is C27H33FN2O4S. The number of carbonyl (C=O) groups is 2. The highest BCUT2D eigenvalue weighted by Gasteiger charge is 2.41. The number of hydrogen-bond donors (Lipinski definition) is 1. The summed E-state index contributed by atoms with van der Waals surface area (Å²) < 4.78 is 25.1. The zero-order chi connectivity index (χ0) is 25.2. The molecule has 0 unspecified atom stereocenters. The molecule has 0 radical (unpaired) electrons. The van der Waals surface area contributed by atoms with Gasteiger partial charge in [0.15, 0.2) is 0 Å². The Balaban J connectivity index is 1.57. The molecule has 1 saturated heterocycles. The zero-order valence-corrected chi connectivity index (χ0v) is 21.4. The molecular weight excluding hydrogens is 467 g/mol. The van der Waals surface area contributed by atoms with Gasteiger partial charge >= 0.3 is 6.09 Å². The van der Waals surface area contributed by atoms with Crippen LogP contribution >= 0.6 is 11.8 Å². The summed E-state index contributed by atoms with van der Waals surface area (Å²) in [5.41, 5.74) is 2.47. The van der Waals surface area contributed by atoms with E-state index in [0.29, 0.717) is 19.6 Å². The third kappa shape index (κ3) is 5.98. The standard InChI is InChI=1S/C27H33FN2O4S/c1-27(2,3)34-26(32)29-21-15-22(33-16-23(21)35-4)25(31)30-14-13-17-7-5-6-8-20(17)24(30)18-9-11-19(28)12-10-18/h5-12,21-24H,13-16H2,1-4H3,(H,29,32)/t21-,22+,23-,24-/m0/s1. The van der Waals surface area contributed by atoms with Crippen LogP contribution in [0.1, 0.15) is 49.9 Å². The van der Waals surface area contributed by atoms with Crippen molar-refractivity contribution in [2.75, 3.05) is 19.4 Å². The topological polar surface area (TPSA) is 67.9 Å². The number of hydrogen-bond acceptors (Lipinski definition) is 5. The minimum absolute atomic E-state index is 0.0153. The third-order valence-corrected chi connectivity index (χ3v) is 7.48. The summed E-state index contributed by atoms with van der Waals surface area (Å²) >= 11 is 1.60. The molecule has 35 heavy (non-hydrogen) atoms.